The van der Waals surface area contributed by atoms with Crippen LogP contribution in [0.15, 0.2) is 0 Å². The summed E-state index contributed by atoms with van der Waals surface area (Å²) in [7, 11) is 1.64. The van der Waals surface area contributed by atoms with Crippen LogP contribution >= 0.6 is 0 Å². The Morgan fingerprint density at radius 3 is 2.36 bits per heavy atom. The number of aliphatic hydroxyl groups is 1. The average Bonchev–Trinajstić information content (AvgIpc) is 2.10. The molecule has 0 rings (SSSR count). The molecule has 0 aromatic heterocycles. The second kappa shape index (κ2) is 6.79. The highest BCUT2D eigenvalue weighted by molar-refractivity contribution is 5.75. The highest BCUT2D eigenvalue weighted by atomic mass is 16.3. The lowest BCUT2D eigenvalue weighted by molar-refractivity contribution is -0.121. The van der Waals surface area contributed by atoms with E-state index in [1.807, 2.05) is 0 Å². The Kier molecular flexibility index (Phi) is 6.49. The van der Waals surface area contributed by atoms with Crippen LogP contribution in [0.1, 0.15) is 27.2 Å². The first-order valence-electron chi connectivity index (χ1n) is 5.10. The van der Waals surface area contributed by atoms with Crippen molar-refractivity contribution in [1.82, 2.24) is 10.2 Å². The van der Waals surface area contributed by atoms with E-state index in [2.05, 4.69) is 24.1 Å². The molecule has 0 aromatic carbocycles. The lowest BCUT2D eigenvalue weighted by Crippen LogP contribution is -2.39. The Bertz CT molecular complexity index is 170. The summed E-state index contributed by atoms with van der Waals surface area (Å²) in [6.07, 6.45) is 0.142. The summed E-state index contributed by atoms with van der Waals surface area (Å²) >= 11 is 0. The van der Waals surface area contributed by atoms with E-state index in [0.717, 1.165) is 0 Å². The SMILES string of the molecule is CNC(=O)CCN(CC(C)O)C(C)C. The van der Waals surface area contributed by atoms with Gasteiger partial charge in [0.2, 0.25) is 5.91 Å². The Hall–Kier alpha value is -0.610. The number of nitrogens with one attached hydrogen (secondary N) is 1. The molecule has 2 N–H and O–H groups in total. The first-order valence-corrected chi connectivity index (χ1v) is 5.10. The molecule has 1 atom stereocenters. The van der Waals surface area contributed by atoms with E-state index in [9.17, 15) is 9.90 Å². The first kappa shape index (κ1) is 13.4. The predicted molar refractivity (Wildman–Crippen MR) is 57.1 cm³/mol. The third-order valence-corrected chi connectivity index (χ3v) is 2.13. The van der Waals surface area contributed by atoms with Crippen molar-refractivity contribution in [2.24, 2.45) is 0 Å². The topological polar surface area (TPSA) is 52.6 Å². The molecule has 0 saturated carbocycles. The smallest absolute Gasteiger partial charge is 0.221 e. The molecule has 0 aliphatic heterocycles. The van der Waals surface area contributed by atoms with Gasteiger partial charge in [0, 0.05) is 32.6 Å². The largest absolute Gasteiger partial charge is 0.392 e. The Balaban J connectivity index is 3.91. The fourth-order valence-corrected chi connectivity index (χ4v) is 1.27. The van der Waals surface area contributed by atoms with Gasteiger partial charge in [-0.25, -0.2) is 0 Å². The number of amides is 1. The highest BCUT2D eigenvalue weighted by Crippen LogP contribution is 2.01. The third-order valence-electron chi connectivity index (χ3n) is 2.13. The molecule has 0 saturated heterocycles. The first-order chi connectivity index (χ1) is 6.47. The van der Waals surface area contributed by atoms with Gasteiger partial charge in [-0.3, -0.25) is 9.69 Å². The molecule has 0 heterocycles. The Morgan fingerprint density at radius 2 is 2.00 bits per heavy atom. The van der Waals surface area contributed by atoms with E-state index in [4.69, 9.17) is 0 Å². The normalized spacial score (nSPS) is 13.4. The van der Waals surface area contributed by atoms with Gasteiger partial charge < -0.3 is 10.4 Å². The van der Waals surface area contributed by atoms with Crippen molar-refractivity contribution in [3.63, 3.8) is 0 Å². The van der Waals surface area contributed by atoms with Crippen molar-refractivity contribution >= 4 is 5.91 Å². The van der Waals surface area contributed by atoms with Crippen LogP contribution < -0.4 is 5.32 Å². The van der Waals surface area contributed by atoms with Crippen LogP contribution in [0.3, 0.4) is 0 Å². The number of hydrogen-bond donors (Lipinski definition) is 2. The molecule has 4 heteroatoms. The van der Waals surface area contributed by atoms with Crippen LogP contribution in [0.2, 0.25) is 0 Å². The van der Waals surface area contributed by atoms with Crippen LogP contribution in [-0.4, -0.2) is 48.2 Å². The van der Waals surface area contributed by atoms with Crippen LogP contribution in [0, 0.1) is 0 Å². The molecule has 14 heavy (non-hydrogen) atoms. The van der Waals surface area contributed by atoms with Gasteiger partial charge in [-0.05, 0) is 20.8 Å². The Morgan fingerprint density at radius 1 is 1.43 bits per heavy atom. The summed E-state index contributed by atoms with van der Waals surface area (Å²) in [5.74, 6) is 0.0428. The number of hydrogen-bond acceptors (Lipinski definition) is 3. The van der Waals surface area contributed by atoms with Crippen molar-refractivity contribution in [3.8, 4) is 0 Å². The Labute approximate surface area is 86.3 Å². The van der Waals surface area contributed by atoms with Gasteiger partial charge in [0.15, 0.2) is 0 Å². The molecular weight excluding hydrogens is 180 g/mol. The van der Waals surface area contributed by atoms with E-state index in [1.54, 1.807) is 14.0 Å². The van der Waals surface area contributed by atoms with E-state index in [-0.39, 0.29) is 12.0 Å². The number of carbonyl (C=O) groups excluding carboxylic acids is 1. The maximum absolute atomic E-state index is 11.0. The molecule has 4 nitrogen and oxygen atoms in total. The minimum absolute atomic E-state index is 0.0428. The molecule has 0 fully saturated rings. The lowest BCUT2D eigenvalue weighted by Gasteiger charge is -2.27. The molecule has 0 spiro atoms. The molecule has 0 aliphatic carbocycles. The quantitative estimate of drug-likeness (QED) is 0.647. The molecule has 0 radical (unpaired) electrons. The van der Waals surface area contributed by atoms with Gasteiger partial charge >= 0.3 is 0 Å². The standard InChI is InChI=1S/C10H22N2O2/c1-8(2)12(7-9(3)13)6-5-10(14)11-4/h8-9,13H,5-7H2,1-4H3,(H,11,14). The van der Waals surface area contributed by atoms with Crippen LogP contribution in [0.25, 0.3) is 0 Å². The minimum atomic E-state index is -0.345. The van der Waals surface area contributed by atoms with Crippen LogP contribution in [-0.2, 0) is 4.79 Å². The molecule has 0 aromatic rings. The van der Waals surface area contributed by atoms with E-state index < -0.39 is 0 Å². The zero-order valence-electron chi connectivity index (χ0n) is 9.58. The van der Waals surface area contributed by atoms with Crippen LogP contribution in [0.4, 0.5) is 0 Å². The predicted octanol–water partition coefficient (Wildman–Crippen LogP) is 0.214. The molecule has 1 unspecified atom stereocenters. The van der Waals surface area contributed by atoms with Crippen molar-refractivity contribution in [1.29, 1.82) is 0 Å². The summed E-state index contributed by atoms with van der Waals surface area (Å²) < 4.78 is 0. The zero-order chi connectivity index (χ0) is 11.1. The molecule has 0 aliphatic rings. The second-order valence-electron chi connectivity index (χ2n) is 3.86. The second-order valence-corrected chi connectivity index (χ2v) is 3.86. The minimum Gasteiger partial charge on any atom is -0.392 e. The molecule has 84 valence electrons. The lowest BCUT2D eigenvalue weighted by atomic mass is 10.2. The van der Waals surface area contributed by atoms with Gasteiger partial charge in [0.1, 0.15) is 0 Å². The maximum atomic E-state index is 11.0. The summed E-state index contributed by atoms with van der Waals surface area (Å²) in [4.78, 5) is 13.1. The van der Waals surface area contributed by atoms with Gasteiger partial charge in [-0.2, -0.15) is 0 Å². The molecule has 1 amide bonds. The van der Waals surface area contributed by atoms with Crippen molar-refractivity contribution in [3.05, 3.63) is 0 Å². The monoisotopic (exact) mass is 202 g/mol. The summed E-state index contributed by atoms with van der Waals surface area (Å²) in [6, 6.07) is 0.356. The van der Waals surface area contributed by atoms with E-state index >= 15 is 0 Å². The summed E-state index contributed by atoms with van der Waals surface area (Å²) in [5, 5.41) is 11.8. The van der Waals surface area contributed by atoms with Gasteiger partial charge in [-0.15, -0.1) is 0 Å². The maximum Gasteiger partial charge on any atom is 0.221 e. The van der Waals surface area contributed by atoms with Crippen molar-refractivity contribution < 1.29 is 9.90 Å². The van der Waals surface area contributed by atoms with Gasteiger partial charge in [0.05, 0.1) is 6.10 Å². The highest BCUT2D eigenvalue weighted by Gasteiger charge is 2.12. The summed E-state index contributed by atoms with van der Waals surface area (Å²) in [5.41, 5.74) is 0. The van der Waals surface area contributed by atoms with Crippen LogP contribution in [0.5, 0.6) is 0 Å². The number of rotatable bonds is 6. The average molecular weight is 202 g/mol. The van der Waals surface area contributed by atoms with Gasteiger partial charge in [0.25, 0.3) is 0 Å². The zero-order valence-corrected chi connectivity index (χ0v) is 9.58. The molecule has 0 bridgehead atoms. The molecular formula is C10H22N2O2. The van der Waals surface area contributed by atoms with E-state index in [1.165, 1.54) is 0 Å². The fraction of sp³-hybridized carbons (Fsp3) is 0.900. The fourth-order valence-electron chi connectivity index (χ4n) is 1.27. The number of aliphatic hydroxyl groups excluding tert-OH is 1. The number of carbonyl (C=O) groups is 1. The third kappa shape index (κ3) is 5.94. The van der Waals surface area contributed by atoms with Crippen molar-refractivity contribution in [2.45, 2.75) is 39.3 Å². The van der Waals surface area contributed by atoms with E-state index in [0.29, 0.717) is 25.6 Å². The van der Waals surface area contributed by atoms with Crippen molar-refractivity contribution in [2.75, 3.05) is 20.1 Å². The summed E-state index contributed by atoms with van der Waals surface area (Å²) in [6.45, 7) is 7.20. The number of nitrogens with zero attached hydrogens (tertiary/aromatic N) is 1. The van der Waals surface area contributed by atoms with Gasteiger partial charge in [-0.1, -0.05) is 0 Å².